The van der Waals surface area contributed by atoms with Crippen LogP contribution in [0, 0.1) is 14.9 Å². The molecule has 44 heavy (non-hydrogen) atoms. The van der Waals surface area contributed by atoms with E-state index in [1.165, 1.54) is 29.2 Å². The van der Waals surface area contributed by atoms with Gasteiger partial charge in [0.2, 0.25) is 0 Å². The molecule has 0 bridgehead atoms. The second kappa shape index (κ2) is 13.9. The second-order valence-electron chi connectivity index (χ2n) is 9.50. The molecule has 0 saturated heterocycles. The Labute approximate surface area is 271 Å². The number of rotatable bonds is 10. The predicted molar refractivity (Wildman–Crippen MR) is 175 cm³/mol. The first kappa shape index (κ1) is 31.0. The maximum absolute atomic E-state index is 13.9. The minimum Gasteiger partial charge on any atom is -0.490 e. The van der Waals surface area contributed by atoms with Gasteiger partial charge < -0.3 is 18.9 Å². The smallest absolute Gasteiger partial charge is 0.337 e. The van der Waals surface area contributed by atoms with Crippen molar-refractivity contribution in [3.63, 3.8) is 0 Å². The van der Waals surface area contributed by atoms with Crippen LogP contribution in [0.1, 0.15) is 42.1 Å². The molecule has 1 aliphatic heterocycles. The van der Waals surface area contributed by atoms with Crippen molar-refractivity contribution in [3.8, 4) is 23.3 Å². The predicted octanol–water partition coefficient (Wildman–Crippen LogP) is 4.87. The third-order valence-corrected chi connectivity index (χ3v) is 8.62. The molecular formula is C33H28IN3O6S. The van der Waals surface area contributed by atoms with Gasteiger partial charge in [0.15, 0.2) is 16.3 Å². The highest BCUT2D eigenvalue weighted by Crippen LogP contribution is 2.35. The van der Waals surface area contributed by atoms with Gasteiger partial charge in [-0.2, -0.15) is 5.26 Å². The lowest BCUT2D eigenvalue weighted by Crippen LogP contribution is -2.39. The molecule has 2 heterocycles. The molecule has 5 rings (SSSR count). The largest absolute Gasteiger partial charge is 0.490 e. The molecule has 9 nitrogen and oxygen atoms in total. The number of ether oxygens (including phenoxy) is 4. The van der Waals surface area contributed by atoms with Crippen LogP contribution >= 0.6 is 33.9 Å². The number of carbonyl (C=O) groups is 1. The molecule has 0 unspecified atom stereocenters. The van der Waals surface area contributed by atoms with Gasteiger partial charge in [-0.25, -0.2) is 9.79 Å². The summed E-state index contributed by atoms with van der Waals surface area (Å²) in [5, 5.41) is 9.35. The Kier molecular flexibility index (Phi) is 9.82. The first-order valence-corrected chi connectivity index (χ1v) is 15.7. The number of benzene rings is 3. The Morgan fingerprint density at radius 1 is 1.05 bits per heavy atom. The summed E-state index contributed by atoms with van der Waals surface area (Å²) < 4.78 is 25.4. The third-order valence-electron chi connectivity index (χ3n) is 6.78. The van der Waals surface area contributed by atoms with E-state index in [1.54, 1.807) is 24.3 Å². The molecule has 1 aromatic heterocycles. The van der Waals surface area contributed by atoms with Crippen LogP contribution in [0.3, 0.4) is 0 Å². The van der Waals surface area contributed by atoms with Gasteiger partial charge in [0.05, 0.1) is 51.7 Å². The molecule has 0 fully saturated rings. The minimum absolute atomic E-state index is 0.229. The van der Waals surface area contributed by atoms with E-state index in [1.807, 2.05) is 56.3 Å². The average Bonchev–Trinajstić information content (AvgIpc) is 3.35. The van der Waals surface area contributed by atoms with Gasteiger partial charge in [0, 0.05) is 11.8 Å². The Morgan fingerprint density at radius 3 is 2.52 bits per heavy atom. The minimum atomic E-state index is -0.775. The van der Waals surface area contributed by atoms with Crippen molar-refractivity contribution in [3.05, 3.63) is 118 Å². The molecule has 0 amide bonds. The maximum atomic E-state index is 13.9. The Hall–Kier alpha value is -4.41. The zero-order chi connectivity index (χ0) is 31.2. The molecular weight excluding hydrogens is 693 g/mol. The van der Waals surface area contributed by atoms with Gasteiger partial charge in [-0.15, -0.1) is 0 Å². The van der Waals surface area contributed by atoms with Gasteiger partial charge >= 0.3 is 5.97 Å². The normalized spacial score (nSPS) is 14.1. The number of halogens is 1. The molecule has 1 aliphatic rings. The van der Waals surface area contributed by atoms with Gasteiger partial charge in [-0.3, -0.25) is 9.36 Å². The molecule has 224 valence electrons. The Balaban J connectivity index is 1.51. The zero-order valence-corrected chi connectivity index (χ0v) is 27.2. The summed E-state index contributed by atoms with van der Waals surface area (Å²) in [7, 11) is 1.30. The highest BCUT2D eigenvalue weighted by atomic mass is 127. The van der Waals surface area contributed by atoms with Gasteiger partial charge in [0.1, 0.15) is 12.4 Å². The van der Waals surface area contributed by atoms with E-state index in [0.717, 1.165) is 14.7 Å². The summed E-state index contributed by atoms with van der Waals surface area (Å²) >= 11 is 3.42. The number of nitriles is 1. The van der Waals surface area contributed by atoms with E-state index in [2.05, 4.69) is 33.7 Å². The third kappa shape index (κ3) is 6.41. The molecule has 0 saturated carbocycles. The van der Waals surface area contributed by atoms with Crippen LogP contribution in [0.15, 0.2) is 82.2 Å². The van der Waals surface area contributed by atoms with Crippen molar-refractivity contribution < 1.29 is 23.7 Å². The molecule has 0 radical (unpaired) electrons. The van der Waals surface area contributed by atoms with Gasteiger partial charge in [0.25, 0.3) is 5.56 Å². The van der Waals surface area contributed by atoms with E-state index in [4.69, 9.17) is 18.9 Å². The number of fused-ring (bicyclic) bond motifs is 1. The van der Waals surface area contributed by atoms with E-state index in [0.29, 0.717) is 50.9 Å². The van der Waals surface area contributed by atoms with E-state index < -0.39 is 12.0 Å². The van der Waals surface area contributed by atoms with Crippen molar-refractivity contribution >= 4 is 46.0 Å². The summed E-state index contributed by atoms with van der Waals surface area (Å²) in [4.78, 5) is 31.6. The molecule has 3 aromatic carbocycles. The first-order valence-electron chi connectivity index (χ1n) is 13.8. The van der Waals surface area contributed by atoms with E-state index in [-0.39, 0.29) is 17.7 Å². The Morgan fingerprint density at radius 2 is 1.80 bits per heavy atom. The number of carbonyl (C=O) groups excluding carboxylic acids is 1. The summed E-state index contributed by atoms with van der Waals surface area (Å²) in [6, 6.07) is 19.7. The lowest BCUT2D eigenvalue weighted by Gasteiger charge is -2.23. The van der Waals surface area contributed by atoms with Crippen LogP contribution in [-0.2, 0) is 16.1 Å². The van der Waals surface area contributed by atoms with Gasteiger partial charge in [-0.1, -0.05) is 41.7 Å². The number of hydrogen-bond acceptors (Lipinski definition) is 9. The molecule has 0 spiro atoms. The van der Waals surface area contributed by atoms with Crippen molar-refractivity contribution in [1.82, 2.24) is 4.57 Å². The number of nitrogens with zero attached hydrogens (tertiary/aromatic N) is 3. The fourth-order valence-electron chi connectivity index (χ4n) is 4.77. The second-order valence-corrected chi connectivity index (χ2v) is 11.7. The lowest BCUT2D eigenvalue weighted by atomic mass is 9.97. The van der Waals surface area contributed by atoms with Crippen LogP contribution in [-0.4, -0.2) is 30.9 Å². The van der Waals surface area contributed by atoms with Crippen molar-refractivity contribution in [2.75, 3.05) is 20.3 Å². The fraction of sp³-hybridized carbons (Fsp3) is 0.212. The standard InChI is InChI=1S/C33H28IN3O6S/c1-4-41-27-13-11-21(16-28(27)42-5-2)30-24(32(39)40-3)18-36-33-37(30)31(38)29(44-33)15-20-10-12-26(25(34)14-20)43-19-23-9-7-6-8-22(23)17-35/h6-16,18,30H,4-5,19H2,1-3H3/b29-15-/t30-/m0/s1. The van der Waals surface area contributed by atoms with Crippen LogP contribution in [0.5, 0.6) is 17.2 Å². The van der Waals surface area contributed by atoms with Crippen LogP contribution in [0.4, 0.5) is 0 Å². The van der Waals surface area contributed by atoms with Crippen LogP contribution < -0.4 is 29.1 Å². The van der Waals surface area contributed by atoms with E-state index in [9.17, 15) is 14.9 Å². The van der Waals surface area contributed by atoms with Crippen LogP contribution in [0.2, 0.25) is 0 Å². The highest BCUT2D eigenvalue weighted by Gasteiger charge is 2.31. The number of methoxy groups -OCH3 is 1. The molecule has 0 aliphatic carbocycles. The quantitative estimate of drug-likeness (QED) is 0.170. The van der Waals surface area contributed by atoms with Crippen molar-refractivity contribution in [2.24, 2.45) is 4.99 Å². The number of aromatic nitrogens is 1. The topological polar surface area (TPSA) is 112 Å². The first-order chi connectivity index (χ1) is 21.4. The number of hydrogen-bond donors (Lipinski definition) is 0. The summed E-state index contributed by atoms with van der Waals surface area (Å²) in [5.41, 5.74) is 2.77. The van der Waals surface area contributed by atoms with Crippen molar-refractivity contribution in [1.29, 1.82) is 5.26 Å². The summed E-state index contributed by atoms with van der Waals surface area (Å²) in [5.74, 6) is 1.18. The SMILES string of the molecule is CCOc1ccc([C@H]2C(C(=O)OC)=CN=c3s/c(=C\c4ccc(OCc5ccccc5C#N)c(I)c4)c(=O)n32)cc1OCC. The lowest BCUT2D eigenvalue weighted by molar-refractivity contribution is -0.136. The van der Waals surface area contributed by atoms with Crippen molar-refractivity contribution in [2.45, 2.75) is 26.5 Å². The molecule has 11 heteroatoms. The molecule has 1 atom stereocenters. The number of thiazole rings is 1. The molecule has 4 aromatic rings. The summed E-state index contributed by atoms with van der Waals surface area (Å²) in [6.07, 6.45) is 3.26. The van der Waals surface area contributed by atoms with Crippen LogP contribution in [0.25, 0.3) is 6.08 Å². The fourth-order valence-corrected chi connectivity index (χ4v) is 6.44. The molecule has 0 N–H and O–H groups in total. The summed E-state index contributed by atoms with van der Waals surface area (Å²) in [6.45, 7) is 4.90. The monoisotopic (exact) mass is 721 g/mol. The van der Waals surface area contributed by atoms with E-state index >= 15 is 0 Å². The van der Waals surface area contributed by atoms with Gasteiger partial charge in [-0.05, 0) is 84.0 Å². The average molecular weight is 722 g/mol. The number of esters is 1. The highest BCUT2D eigenvalue weighted by molar-refractivity contribution is 14.1. The zero-order valence-electron chi connectivity index (χ0n) is 24.2. The Bertz CT molecular complexity index is 1970. The maximum Gasteiger partial charge on any atom is 0.337 e.